The average Bonchev–Trinajstić information content (AvgIpc) is 3.56. The molecule has 0 saturated heterocycles. The fraction of sp³-hybridized carbons (Fsp3) is 0.263. The molecule has 0 amide bonds. The van der Waals surface area contributed by atoms with Gasteiger partial charge in [0.25, 0.3) is 0 Å². The van der Waals surface area contributed by atoms with Crippen LogP contribution in [-0.4, -0.2) is 31.7 Å². The van der Waals surface area contributed by atoms with E-state index >= 15 is 0 Å². The molecule has 2 atom stereocenters. The van der Waals surface area contributed by atoms with Crippen LogP contribution in [0.5, 0.6) is 11.5 Å². The Hall–Kier alpha value is -4.37. The summed E-state index contributed by atoms with van der Waals surface area (Å²) in [4.78, 5) is 4.63. The van der Waals surface area contributed by atoms with Gasteiger partial charge in [-0.2, -0.15) is 43.6 Å². The van der Waals surface area contributed by atoms with E-state index in [1.165, 1.54) is 18.5 Å². The number of nitrogens with zero attached hydrogens (tertiary/aromatic N) is 4. The molecule has 0 aliphatic heterocycles. The minimum absolute atomic E-state index is 0. The molecule has 50 heavy (non-hydrogen) atoms. The number of hydrogen-bond donors (Lipinski definition) is 0. The van der Waals surface area contributed by atoms with E-state index < -0.39 is 36.2 Å². The van der Waals surface area contributed by atoms with Crippen LogP contribution in [0.3, 0.4) is 0 Å². The number of aryl methyl sites for hydroxylation is 2. The summed E-state index contributed by atoms with van der Waals surface area (Å²) in [6.45, 7) is 4.99. The number of alkyl halides is 6. The molecule has 3 aromatic carbocycles. The van der Waals surface area contributed by atoms with Crippen LogP contribution in [0.1, 0.15) is 48.2 Å². The van der Waals surface area contributed by atoms with Gasteiger partial charge in [-0.25, -0.2) is 4.98 Å². The summed E-state index contributed by atoms with van der Waals surface area (Å²) < 4.78 is 94.3. The van der Waals surface area contributed by atoms with E-state index in [0.29, 0.717) is 11.4 Å². The molecule has 12 heteroatoms. The van der Waals surface area contributed by atoms with Gasteiger partial charge in [-0.15, -0.1) is 35.7 Å². The van der Waals surface area contributed by atoms with Gasteiger partial charge in [-0.3, -0.25) is 4.68 Å². The summed E-state index contributed by atoms with van der Waals surface area (Å²) in [5.41, 5.74) is 2.11. The van der Waals surface area contributed by atoms with Crippen molar-refractivity contribution in [2.24, 2.45) is 5.92 Å². The van der Waals surface area contributed by atoms with Gasteiger partial charge in [-0.05, 0) is 67.9 Å². The zero-order valence-corrected chi connectivity index (χ0v) is 29.3. The molecule has 0 bridgehead atoms. The standard InChI is InChI=1S/C38H30F6N4O.Pt/c1-4-24-17-18-45-34(19-24)47-32-14-6-5-11-28(32)29-16-15-27(21-33(29)47)49-26-10-7-9-25(20-26)48-23(3)35(22(2)46-48)36-30(37(39,40)41)12-8-13-31(36)38(42,43)44;/h5-7,9-12,14-19,31,36H,4,8,13H2,1-3H3;/q-2;+2/t31-,36?;/m0./s1. The van der Waals surface area contributed by atoms with E-state index in [2.05, 4.69) is 29.1 Å². The summed E-state index contributed by atoms with van der Waals surface area (Å²) in [6, 6.07) is 27.1. The number of halogens is 6. The number of hydrogen-bond acceptors (Lipinski definition) is 3. The van der Waals surface area contributed by atoms with Gasteiger partial charge in [0.2, 0.25) is 0 Å². The van der Waals surface area contributed by atoms with E-state index in [1.54, 1.807) is 30.5 Å². The predicted molar refractivity (Wildman–Crippen MR) is 174 cm³/mol. The van der Waals surface area contributed by atoms with Gasteiger partial charge < -0.3 is 9.30 Å². The van der Waals surface area contributed by atoms with Crippen molar-refractivity contribution in [2.75, 3.05) is 0 Å². The SMILES string of the molecule is CCc1ccnc(-n2c3[c-]c(Oc4[c-]c(-n5nc(C)c(C6C(C(F)(F)F)=CCC[C@@H]6C(F)(F)F)c5C)ccc4)ccc3c3ccccc32)c1.[Pt+2]. The number of pyridine rings is 1. The van der Waals surface area contributed by atoms with Crippen LogP contribution in [0.25, 0.3) is 33.3 Å². The van der Waals surface area contributed by atoms with E-state index in [-0.39, 0.29) is 50.2 Å². The molecular weight excluding hydrogens is 838 g/mol. The van der Waals surface area contributed by atoms with Gasteiger partial charge in [0.1, 0.15) is 5.82 Å². The maximum Gasteiger partial charge on any atom is 2.00 e. The van der Waals surface area contributed by atoms with E-state index in [9.17, 15) is 26.3 Å². The zero-order valence-electron chi connectivity index (χ0n) is 27.1. The fourth-order valence-electron chi connectivity index (χ4n) is 6.98. The first-order valence-electron chi connectivity index (χ1n) is 15.9. The molecule has 7 rings (SSSR count). The molecule has 1 unspecified atom stereocenters. The monoisotopic (exact) mass is 867 g/mol. The van der Waals surface area contributed by atoms with Crippen LogP contribution in [0, 0.1) is 31.9 Å². The Kier molecular flexibility index (Phi) is 9.50. The minimum atomic E-state index is -4.92. The Morgan fingerprint density at radius 1 is 0.900 bits per heavy atom. The molecule has 0 N–H and O–H groups in total. The summed E-state index contributed by atoms with van der Waals surface area (Å²) in [7, 11) is 0. The van der Waals surface area contributed by atoms with Crippen LogP contribution in [0.4, 0.5) is 26.3 Å². The van der Waals surface area contributed by atoms with Gasteiger partial charge in [0, 0.05) is 46.0 Å². The first-order valence-corrected chi connectivity index (χ1v) is 15.9. The summed E-state index contributed by atoms with van der Waals surface area (Å²) in [5, 5.41) is 6.38. The van der Waals surface area contributed by atoms with Crippen LogP contribution in [0.15, 0.2) is 84.6 Å². The Bertz CT molecular complexity index is 2230. The van der Waals surface area contributed by atoms with E-state index in [0.717, 1.165) is 45.7 Å². The third-order valence-electron chi connectivity index (χ3n) is 9.19. The van der Waals surface area contributed by atoms with Crippen molar-refractivity contribution in [2.45, 2.75) is 58.3 Å². The number of aromatic nitrogens is 4. The van der Waals surface area contributed by atoms with E-state index in [4.69, 9.17) is 4.74 Å². The summed E-state index contributed by atoms with van der Waals surface area (Å²) in [6.07, 6.45) is -6.99. The third-order valence-corrected chi connectivity index (χ3v) is 9.19. The van der Waals surface area contributed by atoms with Crippen LogP contribution in [0.2, 0.25) is 0 Å². The molecule has 0 fully saturated rings. The normalized spacial score (nSPS) is 16.8. The van der Waals surface area contributed by atoms with Crippen molar-refractivity contribution < 1.29 is 52.1 Å². The fourth-order valence-corrected chi connectivity index (χ4v) is 6.98. The Balaban J connectivity index is 0.00000432. The Morgan fingerprint density at radius 2 is 1.66 bits per heavy atom. The summed E-state index contributed by atoms with van der Waals surface area (Å²) in [5.74, 6) is -2.74. The average molecular weight is 868 g/mol. The minimum Gasteiger partial charge on any atom is -0.509 e. The number of allylic oxidation sites excluding steroid dienone is 2. The maximum absolute atomic E-state index is 14.2. The molecule has 0 saturated carbocycles. The number of rotatable bonds is 6. The Morgan fingerprint density at radius 3 is 2.40 bits per heavy atom. The largest absolute Gasteiger partial charge is 2.00 e. The number of benzene rings is 3. The van der Waals surface area contributed by atoms with Crippen molar-refractivity contribution in [3.63, 3.8) is 0 Å². The molecule has 3 heterocycles. The van der Waals surface area contributed by atoms with Gasteiger partial charge >= 0.3 is 33.4 Å². The maximum atomic E-state index is 14.2. The van der Waals surface area contributed by atoms with Crippen molar-refractivity contribution in [1.82, 2.24) is 19.3 Å². The molecule has 260 valence electrons. The Labute approximate surface area is 298 Å². The van der Waals surface area contributed by atoms with Crippen LogP contribution >= 0.6 is 0 Å². The quantitative estimate of drug-likeness (QED) is 0.0952. The first kappa shape index (κ1) is 35.5. The molecule has 1 aliphatic carbocycles. The number of para-hydroxylation sites is 1. The molecular formula is C38H30F6N4OPt. The molecule has 0 radical (unpaired) electrons. The predicted octanol–water partition coefficient (Wildman–Crippen LogP) is 10.5. The first-order chi connectivity index (χ1) is 23.3. The van der Waals surface area contributed by atoms with Gasteiger partial charge in [0.05, 0.1) is 11.6 Å². The second-order valence-corrected chi connectivity index (χ2v) is 12.2. The van der Waals surface area contributed by atoms with Crippen molar-refractivity contribution >= 4 is 21.8 Å². The second kappa shape index (κ2) is 13.4. The number of ether oxygens (including phenoxy) is 1. The topological polar surface area (TPSA) is 44.9 Å². The van der Waals surface area contributed by atoms with Crippen molar-refractivity contribution in [3.05, 3.63) is 119 Å². The summed E-state index contributed by atoms with van der Waals surface area (Å²) >= 11 is 0. The van der Waals surface area contributed by atoms with Crippen LogP contribution in [-0.2, 0) is 27.5 Å². The third kappa shape index (κ3) is 6.36. The molecule has 6 aromatic rings. The van der Waals surface area contributed by atoms with Crippen LogP contribution < -0.4 is 4.74 Å². The zero-order chi connectivity index (χ0) is 34.7. The second-order valence-electron chi connectivity index (χ2n) is 12.2. The molecule has 0 spiro atoms. The van der Waals surface area contributed by atoms with Crippen molar-refractivity contribution in [1.29, 1.82) is 0 Å². The molecule has 1 aliphatic rings. The molecule has 5 nitrogen and oxygen atoms in total. The number of fused-ring (bicyclic) bond motifs is 3. The molecule has 3 aromatic heterocycles. The smallest absolute Gasteiger partial charge is 0.509 e. The van der Waals surface area contributed by atoms with E-state index in [1.807, 2.05) is 47.0 Å². The van der Waals surface area contributed by atoms with Crippen molar-refractivity contribution in [3.8, 4) is 23.0 Å². The van der Waals surface area contributed by atoms with Gasteiger partial charge in [0.15, 0.2) is 0 Å². The van der Waals surface area contributed by atoms with Gasteiger partial charge in [-0.1, -0.05) is 36.7 Å².